The van der Waals surface area contributed by atoms with E-state index in [1.54, 1.807) is 4.90 Å². The Kier molecular flexibility index (Phi) is 9.28. The molecule has 0 radical (unpaired) electrons. The number of rotatable bonds is 9. The fourth-order valence-electron chi connectivity index (χ4n) is 1.59. The van der Waals surface area contributed by atoms with Crippen molar-refractivity contribution in [1.29, 1.82) is 0 Å². The number of hydrogen-bond acceptors (Lipinski definition) is 4. The van der Waals surface area contributed by atoms with Crippen LogP contribution in [0.15, 0.2) is 0 Å². The van der Waals surface area contributed by atoms with E-state index in [0.717, 1.165) is 25.9 Å². The molecule has 0 rings (SSSR count). The highest BCUT2D eigenvalue weighted by Crippen LogP contribution is 2.04. The number of ether oxygens (including phenoxy) is 1. The number of hydrogen-bond donors (Lipinski definition) is 0. The van der Waals surface area contributed by atoms with Gasteiger partial charge in [-0.1, -0.05) is 0 Å². The smallest absolute Gasteiger partial charge is 0.305 e. The van der Waals surface area contributed by atoms with Crippen molar-refractivity contribution in [2.75, 3.05) is 41.3 Å². The molecule has 18 heavy (non-hydrogen) atoms. The molecule has 0 aliphatic carbocycles. The Labute approximate surface area is 110 Å². The zero-order valence-electron chi connectivity index (χ0n) is 12.1. The first-order valence-electron chi connectivity index (χ1n) is 6.43. The van der Waals surface area contributed by atoms with Crippen molar-refractivity contribution in [3.8, 4) is 0 Å². The van der Waals surface area contributed by atoms with Crippen molar-refractivity contribution < 1.29 is 14.3 Å². The lowest BCUT2D eigenvalue weighted by molar-refractivity contribution is -0.141. The summed E-state index contributed by atoms with van der Waals surface area (Å²) in [5, 5.41) is 0. The highest BCUT2D eigenvalue weighted by Gasteiger charge is 2.08. The lowest BCUT2D eigenvalue weighted by Gasteiger charge is -2.18. The molecule has 0 saturated carbocycles. The van der Waals surface area contributed by atoms with Gasteiger partial charge in [-0.3, -0.25) is 9.59 Å². The molecule has 0 N–H and O–H groups in total. The summed E-state index contributed by atoms with van der Waals surface area (Å²) < 4.78 is 4.54. The first kappa shape index (κ1) is 16.9. The topological polar surface area (TPSA) is 49.9 Å². The minimum Gasteiger partial charge on any atom is -0.469 e. The molecule has 0 bridgehead atoms. The van der Waals surface area contributed by atoms with Crippen LogP contribution in [0.1, 0.15) is 32.1 Å². The van der Waals surface area contributed by atoms with Gasteiger partial charge in [0.25, 0.3) is 0 Å². The van der Waals surface area contributed by atoms with Crippen LogP contribution in [0, 0.1) is 0 Å². The summed E-state index contributed by atoms with van der Waals surface area (Å²) in [7, 11) is 7.26. The Hall–Kier alpha value is -1.10. The summed E-state index contributed by atoms with van der Waals surface area (Å²) in [5.41, 5.74) is 0. The second-order valence-corrected chi connectivity index (χ2v) is 4.76. The molecule has 5 heteroatoms. The Balaban J connectivity index is 3.58. The minimum absolute atomic E-state index is 0.152. The summed E-state index contributed by atoms with van der Waals surface area (Å²) >= 11 is 0. The van der Waals surface area contributed by atoms with Crippen LogP contribution >= 0.6 is 0 Å². The molecule has 0 aromatic rings. The first-order chi connectivity index (χ1) is 8.47. The molecule has 0 aromatic heterocycles. The maximum absolute atomic E-state index is 11.7. The summed E-state index contributed by atoms with van der Waals surface area (Å²) in [5.74, 6) is -0.0552. The van der Waals surface area contributed by atoms with Crippen LogP contribution in [0.4, 0.5) is 0 Å². The molecular formula is C13H26N2O3. The highest BCUT2D eigenvalue weighted by atomic mass is 16.5. The Morgan fingerprint density at radius 1 is 0.944 bits per heavy atom. The molecule has 0 atom stereocenters. The second-order valence-electron chi connectivity index (χ2n) is 4.76. The summed E-state index contributed by atoms with van der Waals surface area (Å²) in [6.45, 7) is 1.77. The van der Waals surface area contributed by atoms with Gasteiger partial charge in [0.05, 0.1) is 7.11 Å². The molecule has 1 amide bonds. The molecule has 0 heterocycles. The van der Waals surface area contributed by atoms with Crippen molar-refractivity contribution >= 4 is 11.9 Å². The summed E-state index contributed by atoms with van der Waals surface area (Å²) in [4.78, 5) is 26.5. The van der Waals surface area contributed by atoms with E-state index in [1.807, 2.05) is 21.1 Å². The van der Waals surface area contributed by atoms with Crippen molar-refractivity contribution in [2.45, 2.75) is 32.1 Å². The third kappa shape index (κ3) is 8.98. The zero-order valence-corrected chi connectivity index (χ0v) is 12.1. The third-order valence-electron chi connectivity index (χ3n) is 2.77. The van der Waals surface area contributed by atoms with E-state index in [0.29, 0.717) is 19.3 Å². The van der Waals surface area contributed by atoms with E-state index in [9.17, 15) is 9.59 Å². The van der Waals surface area contributed by atoms with Crippen LogP contribution in [-0.4, -0.2) is 63.0 Å². The average molecular weight is 258 g/mol. The number of esters is 1. The number of amides is 1. The van der Waals surface area contributed by atoms with Crippen LogP contribution in [0.5, 0.6) is 0 Å². The molecular weight excluding hydrogens is 232 g/mol. The maximum atomic E-state index is 11.7. The molecule has 0 aliphatic rings. The van der Waals surface area contributed by atoms with Gasteiger partial charge in [-0.05, 0) is 39.9 Å². The van der Waals surface area contributed by atoms with Gasteiger partial charge in [0.2, 0.25) is 5.91 Å². The second kappa shape index (κ2) is 9.88. The third-order valence-corrected chi connectivity index (χ3v) is 2.77. The molecule has 0 saturated heterocycles. The largest absolute Gasteiger partial charge is 0.469 e. The molecule has 0 fully saturated rings. The van der Waals surface area contributed by atoms with Crippen LogP contribution in [0.25, 0.3) is 0 Å². The van der Waals surface area contributed by atoms with E-state index >= 15 is 0 Å². The summed E-state index contributed by atoms with van der Waals surface area (Å²) in [6, 6.07) is 0. The predicted octanol–water partition coefficient (Wildman–Crippen LogP) is 1.13. The van der Waals surface area contributed by atoms with Gasteiger partial charge < -0.3 is 14.5 Å². The summed E-state index contributed by atoms with van der Waals surface area (Å²) in [6.07, 6.45) is 3.34. The maximum Gasteiger partial charge on any atom is 0.305 e. The molecule has 0 aromatic carbocycles. The molecule has 0 aliphatic heterocycles. The molecule has 0 spiro atoms. The van der Waals surface area contributed by atoms with E-state index in [2.05, 4.69) is 9.64 Å². The SMILES string of the molecule is COC(=O)CCCCC(=O)N(C)CCCN(C)C. The Morgan fingerprint density at radius 2 is 1.56 bits per heavy atom. The predicted molar refractivity (Wildman–Crippen MR) is 71.3 cm³/mol. The Bertz CT molecular complexity index is 255. The molecule has 5 nitrogen and oxygen atoms in total. The normalized spacial score (nSPS) is 10.5. The fourth-order valence-corrected chi connectivity index (χ4v) is 1.59. The number of methoxy groups -OCH3 is 1. The first-order valence-corrected chi connectivity index (χ1v) is 6.43. The van der Waals surface area contributed by atoms with E-state index < -0.39 is 0 Å². The van der Waals surface area contributed by atoms with Crippen LogP contribution < -0.4 is 0 Å². The number of carbonyl (C=O) groups is 2. The quantitative estimate of drug-likeness (QED) is 0.459. The van der Waals surface area contributed by atoms with Gasteiger partial charge in [-0.2, -0.15) is 0 Å². The van der Waals surface area contributed by atoms with Crippen molar-refractivity contribution in [1.82, 2.24) is 9.80 Å². The van der Waals surface area contributed by atoms with Crippen LogP contribution in [0.3, 0.4) is 0 Å². The molecule has 0 unspecified atom stereocenters. The van der Waals surface area contributed by atoms with E-state index in [-0.39, 0.29) is 11.9 Å². The number of nitrogens with zero attached hydrogens (tertiary/aromatic N) is 2. The van der Waals surface area contributed by atoms with Crippen LogP contribution in [0.2, 0.25) is 0 Å². The average Bonchev–Trinajstić information content (AvgIpc) is 2.33. The zero-order chi connectivity index (χ0) is 14.0. The molecule has 106 valence electrons. The lowest BCUT2D eigenvalue weighted by Crippen LogP contribution is -2.29. The Morgan fingerprint density at radius 3 is 2.11 bits per heavy atom. The van der Waals surface area contributed by atoms with Gasteiger partial charge in [-0.25, -0.2) is 0 Å². The van der Waals surface area contributed by atoms with E-state index in [4.69, 9.17) is 0 Å². The fraction of sp³-hybridized carbons (Fsp3) is 0.846. The van der Waals surface area contributed by atoms with Gasteiger partial charge in [0.15, 0.2) is 0 Å². The highest BCUT2D eigenvalue weighted by molar-refractivity contribution is 5.75. The monoisotopic (exact) mass is 258 g/mol. The van der Waals surface area contributed by atoms with Gasteiger partial charge in [-0.15, -0.1) is 0 Å². The lowest BCUT2D eigenvalue weighted by atomic mass is 10.2. The van der Waals surface area contributed by atoms with Gasteiger partial charge in [0.1, 0.15) is 0 Å². The number of carbonyl (C=O) groups excluding carboxylic acids is 2. The van der Waals surface area contributed by atoms with Gasteiger partial charge in [0, 0.05) is 26.4 Å². The number of unbranched alkanes of at least 4 members (excludes halogenated alkanes) is 1. The van der Waals surface area contributed by atoms with Crippen molar-refractivity contribution in [3.63, 3.8) is 0 Å². The van der Waals surface area contributed by atoms with Crippen molar-refractivity contribution in [2.24, 2.45) is 0 Å². The minimum atomic E-state index is -0.207. The van der Waals surface area contributed by atoms with Crippen LogP contribution in [-0.2, 0) is 14.3 Å². The standard InChI is InChI=1S/C13H26N2O3/c1-14(2)10-7-11-15(3)12(16)8-5-6-9-13(17)18-4/h5-11H2,1-4H3. The van der Waals surface area contributed by atoms with Crippen molar-refractivity contribution in [3.05, 3.63) is 0 Å². The van der Waals surface area contributed by atoms with Gasteiger partial charge >= 0.3 is 5.97 Å². The van der Waals surface area contributed by atoms with E-state index in [1.165, 1.54) is 7.11 Å².